The number of ether oxygens (including phenoxy) is 4. The molecule has 16 nitrogen and oxygen atoms in total. The SMILES string of the molecule is CC1=C(CCC(=O)O)c2cc3nc(cc4[nH]c(cc5[nH]c(cc1n2)c(C)c5C(COC(=O)C1=CC1)OC(=O)C1=CC1)c(C)c4C(COC(=O)C1=CC1)OC(=O)C1C=C1)C(C)=C3CCC(=O)O. The third-order valence-corrected chi connectivity index (χ3v) is 12.4. The predicted octanol–water partition coefficient (Wildman–Crippen LogP) is 7.95. The molecule has 5 heterocycles. The van der Waals surface area contributed by atoms with Gasteiger partial charge in [-0.3, -0.25) is 14.4 Å². The number of rotatable bonds is 18. The summed E-state index contributed by atoms with van der Waals surface area (Å²) < 4.78 is 23.7. The number of esters is 4. The van der Waals surface area contributed by atoms with E-state index >= 15 is 0 Å². The van der Waals surface area contributed by atoms with Gasteiger partial charge in [0.15, 0.2) is 12.2 Å². The smallest absolute Gasteiger partial charge is 0.334 e. The van der Waals surface area contributed by atoms with Gasteiger partial charge >= 0.3 is 35.8 Å². The maximum atomic E-state index is 13.4. The second-order valence-electron chi connectivity index (χ2n) is 17.0. The highest BCUT2D eigenvalue weighted by Gasteiger charge is 2.33. The van der Waals surface area contributed by atoms with Crippen molar-refractivity contribution in [2.24, 2.45) is 5.92 Å². The quantitative estimate of drug-likeness (QED) is 0.0539. The van der Waals surface area contributed by atoms with Gasteiger partial charge in [0.2, 0.25) is 0 Å². The minimum atomic E-state index is -1.10. The Balaban J connectivity index is 1.32. The predicted molar refractivity (Wildman–Crippen MR) is 240 cm³/mol. The van der Waals surface area contributed by atoms with Gasteiger partial charge in [-0.25, -0.2) is 24.4 Å². The van der Waals surface area contributed by atoms with Crippen LogP contribution in [-0.2, 0) is 47.7 Å². The van der Waals surface area contributed by atoms with E-state index in [0.717, 1.165) is 5.57 Å². The van der Waals surface area contributed by atoms with Crippen molar-refractivity contribution in [2.45, 2.75) is 84.8 Å². The zero-order valence-electron chi connectivity index (χ0n) is 36.7. The number of carbonyl (C=O) groups excluding carboxylic acids is 4. The van der Waals surface area contributed by atoms with E-state index in [-0.39, 0.29) is 38.9 Å². The number of carboxylic acids is 2. The van der Waals surface area contributed by atoms with E-state index in [4.69, 9.17) is 28.9 Å². The maximum Gasteiger partial charge on any atom is 0.334 e. The summed E-state index contributed by atoms with van der Waals surface area (Å²) in [5.74, 6) is -4.63. The molecular formula is C50H46N4O12. The van der Waals surface area contributed by atoms with Crippen molar-refractivity contribution in [3.05, 3.63) is 116 Å². The Morgan fingerprint density at radius 2 is 1.02 bits per heavy atom. The second-order valence-corrected chi connectivity index (χ2v) is 17.0. The minimum absolute atomic E-state index is 0.135. The van der Waals surface area contributed by atoms with Crippen LogP contribution in [0.4, 0.5) is 0 Å². The third kappa shape index (κ3) is 9.30. The molecule has 2 unspecified atom stereocenters. The lowest BCUT2D eigenvalue weighted by molar-refractivity contribution is -0.158. The molecular weight excluding hydrogens is 849 g/mol. The highest BCUT2D eigenvalue weighted by Crippen LogP contribution is 2.41. The maximum absolute atomic E-state index is 13.4. The molecule has 8 bridgehead atoms. The number of aromatic nitrogens is 4. The molecule has 0 aromatic carbocycles. The van der Waals surface area contributed by atoms with Crippen LogP contribution < -0.4 is 0 Å². The van der Waals surface area contributed by atoms with Crippen LogP contribution >= 0.6 is 0 Å². The number of nitrogens with zero attached hydrogens (tertiary/aromatic N) is 2. The van der Waals surface area contributed by atoms with Gasteiger partial charge in [0.1, 0.15) is 13.2 Å². The van der Waals surface area contributed by atoms with Crippen molar-refractivity contribution in [3.8, 4) is 0 Å². The van der Waals surface area contributed by atoms with Crippen LogP contribution in [-0.4, -0.2) is 79.2 Å². The van der Waals surface area contributed by atoms with Crippen molar-refractivity contribution >= 4 is 80.2 Å². The molecule has 0 saturated heterocycles. The molecule has 4 N–H and O–H groups in total. The second kappa shape index (κ2) is 17.4. The Kier molecular flexibility index (Phi) is 11.5. The number of hydrogen-bond donors (Lipinski definition) is 4. The van der Waals surface area contributed by atoms with Gasteiger partial charge in [-0.2, -0.15) is 0 Å². The molecule has 2 atom stereocenters. The number of nitrogens with one attached hydrogen (secondary N) is 2. The van der Waals surface area contributed by atoms with Gasteiger partial charge in [-0.15, -0.1) is 0 Å². The number of allylic oxidation sites excluding steroid dienone is 7. The topological polar surface area (TPSA) is 237 Å². The van der Waals surface area contributed by atoms with Crippen LogP contribution in [0.15, 0.2) is 71.4 Å². The fourth-order valence-electron chi connectivity index (χ4n) is 8.20. The summed E-state index contributed by atoms with van der Waals surface area (Å²) in [7, 11) is 0. The van der Waals surface area contributed by atoms with Crippen LogP contribution in [0.2, 0.25) is 0 Å². The first kappa shape index (κ1) is 43.6. The van der Waals surface area contributed by atoms with Crippen LogP contribution in [0, 0.1) is 19.8 Å². The molecule has 2 aliphatic heterocycles. The van der Waals surface area contributed by atoms with Crippen LogP contribution in [0.25, 0.3) is 44.4 Å². The fourth-order valence-corrected chi connectivity index (χ4v) is 8.20. The molecule has 0 fully saturated rings. The highest BCUT2D eigenvalue weighted by atomic mass is 16.6. The Hall–Kier alpha value is -7.62. The van der Waals surface area contributed by atoms with E-state index < -0.39 is 53.9 Å². The van der Waals surface area contributed by atoms with Crippen molar-refractivity contribution in [1.29, 1.82) is 0 Å². The first-order chi connectivity index (χ1) is 31.6. The number of H-pyrrole nitrogens is 2. The van der Waals surface area contributed by atoms with Gasteiger partial charge in [0.05, 0.1) is 28.7 Å². The number of aliphatic carboxylic acids is 2. The summed E-state index contributed by atoms with van der Waals surface area (Å²) in [6.07, 6.45) is 7.86. The number of carbonyl (C=O) groups is 6. The summed E-state index contributed by atoms with van der Waals surface area (Å²) in [6, 6.07) is 7.15. The molecule has 16 heteroatoms. The Labute approximate surface area is 377 Å². The number of aromatic amines is 2. The zero-order valence-corrected chi connectivity index (χ0v) is 36.7. The lowest BCUT2D eigenvalue weighted by Crippen LogP contribution is -2.20. The average molecular weight is 895 g/mol. The summed E-state index contributed by atoms with van der Waals surface area (Å²) >= 11 is 0. The molecule has 6 aliphatic rings. The summed E-state index contributed by atoms with van der Waals surface area (Å²) in [5.41, 5.74) is 10.4. The van der Waals surface area contributed by atoms with E-state index in [1.54, 1.807) is 42.5 Å². The average Bonchev–Trinajstić information content (AvgIpc) is 4.08. The lowest BCUT2D eigenvalue weighted by atomic mass is 9.98. The van der Waals surface area contributed by atoms with Crippen LogP contribution in [0.5, 0.6) is 0 Å². The molecule has 0 radical (unpaired) electrons. The van der Waals surface area contributed by atoms with Gasteiger partial charge in [-0.1, -0.05) is 30.4 Å². The van der Waals surface area contributed by atoms with Gasteiger partial charge in [0.25, 0.3) is 0 Å². The van der Waals surface area contributed by atoms with E-state index in [0.29, 0.717) is 120 Å². The number of aryl methyl sites for hydroxylation is 2. The summed E-state index contributed by atoms with van der Waals surface area (Å²) in [5, 5.41) is 19.5. The molecule has 0 amide bonds. The minimum Gasteiger partial charge on any atom is -0.481 e. The van der Waals surface area contributed by atoms with Gasteiger partial charge < -0.3 is 39.1 Å². The highest BCUT2D eigenvalue weighted by molar-refractivity contribution is 5.98. The van der Waals surface area contributed by atoms with E-state index in [2.05, 4.69) is 9.97 Å². The molecule has 3 aromatic rings. The van der Waals surface area contributed by atoms with Gasteiger partial charge in [0, 0.05) is 62.8 Å². The third-order valence-electron chi connectivity index (χ3n) is 12.4. The van der Waals surface area contributed by atoms with Crippen molar-refractivity contribution in [3.63, 3.8) is 0 Å². The van der Waals surface area contributed by atoms with E-state index in [9.17, 15) is 39.0 Å². The molecule has 0 spiro atoms. The number of carboxylic acid groups (broad SMARTS) is 2. The Morgan fingerprint density at radius 3 is 1.47 bits per heavy atom. The van der Waals surface area contributed by atoms with Crippen molar-refractivity contribution in [1.82, 2.24) is 19.9 Å². The summed E-state index contributed by atoms with van der Waals surface area (Å²) in [6.45, 7) is 6.75. The van der Waals surface area contributed by atoms with Crippen LogP contribution in [0.3, 0.4) is 0 Å². The first-order valence-corrected chi connectivity index (χ1v) is 21.7. The lowest BCUT2D eigenvalue weighted by Gasteiger charge is -2.19. The normalized spacial score (nSPS) is 16.5. The zero-order chi connectivity index (χ0) is 46.6. The Bertz CT molecular complexity index is 3060. The molecule has 4 aliphatic carbocycles. The van der Waals surface area contributed by atoms with Gasteiger partial charge in [-0.05, 0) is 117 Å². The summed E-state index contributed by atoms with van der Waals surface area (Å²) in [4.78, 5) is 93.4. The number of fused-ring (bicyclic) bond motifs is 8. The fraction of sp³-hybridized carbons (Fsp3) is 0.320. The van der Waals surface area contributed by atoms with Crippen molar-refractivity contribution in [2.75, 3.05) is 13.2 Å². The molecule has 9 rings (SSSR count). The molecule has 66 heavy (non-hydrogen) atoms. The molecule has 338 valence electrons. The Morgan fingerprint density at radius 1 is 0.591 bits per heavy atom. The standard InChI is InChI=1S/C50H46N4O12/c1-23-31(13-15-43(55)56)37-20-38-32(14-16-44(57)58)24(2)34(52-38)18-39-46(42(66-50(62)30-11-12-30)22-64-48(60)28-7-8-28)26(4)36(54-39)19-40-45(25(3)35(53-40)17-33(23)51-37)41(65-49(61)29-9-10-29)21-63-47(59)27-5-6-27/h5,7,9,11-12,17-20,30,41-42,53-54H,6,8,10,13-16,21-22H2,1-4H3,(H,55,56)(H,57,58). The first-order valence-electron chi connectivity index (χ1n) is 21.7. The van der Waals surface area contributed by atoms with E-state index in [1.165, 1.54) is 0 Å². The molecule has 3 aromatic heterocycles. The monoisotopic (exact) mass is 894 g/mol. The largest absolute Gasteiger partial charge is 0.481 e. The van der Waals surface area contributed by atoms with Crippen LogP contribution in [0.1, 0.15) is 116 Å². The molecule has 0 saturated carbocycles. The number of hydrogen-bond acceptors (Lipinski definition) is 12. The van der Waals surface area contributed by atoms with E-state index in [1.807, 2.05) is 39.8 Å². The van der Waals surface area contributed by atoms with Crippen molar-refractivity contribution < 1.29 is 57.9 Å².